The van der Waals surface area contributed by atoms with Crippen LogP contribution in [0.4, 0.5) is 0 Å². The Morgan fingerprint density at radius 3 is 1.95 bits per heavy atom. The van der Waals surface area contributed by atoms with E-state index >= 15 is 0 Å². The molecule has 0 N–H and O–H groups in total. The molecule has 2 heterocycles. The zero-order valence-corrected chi connectivity index (χ0v) is 30.5. The number of aromatic nitrogens is 3. The number of fused-ring (bicyclic) bond motifs is 8. The van der Waals surface area contributed by atoms with Crippen LogP contribution in [0.5, 0.6) is 5.75 Å². The van der Waals surface area contributed by atoms with Crippen LogP contribution in [0.15, 0.2) is 164 Å². The van der Waals surface area contributed by atoms with Crippen LogP contribution in [0.25, 0.3) is 61.7 Å². The number of allylic oxidation sites excluding steroid dienone is 2. The van der Waals surface area contributed by atoms with Gasteiger partial charge in [-0.1, -0.05) is 165 Å². The first-order chi connectivity index (χ1) is 27.2. The van der Waals surface area contributed by atoms with Crippen molar-refractivity contribution >= 4 is 5.57 Å². The zero-order valence-electron chi connectivity index (χ0n) is 30.5. The summed E-state index contributed by atoms with van der Waals surface area (Å²) in [5.74, 6) is 2.96. The molecule has 2 atom stereocenters. The van der Waals surface area contributed by atoms with Gasteiger partial charge in [0.15, 0.2) is 17.5 Å². The maximum atomic E-state index is 6.52. The smallest absolute Gasteiger partial charge is 0.164 e. The number of benzene rings is 6. The summed E-state index contributed by atoms with van der Waals surface area (Å²) in [4.78, 5) is 15.2. The lowest BCUT2D eigenvalue weighted by atomic mass is 9.68. The average molecular weight is 710 g/mol. The zero-order chi connectivity index (χ0) is 36.3. The summed E-state index contributed by atoms with van der Waals surface area (Å²) in [6.45, 7) is 0. The molecule has 11 rings (SSSR count). The van der Waals surface area contributed by atoms with Gasteiger partial charge in [0.05, 0.1) is 0 Å². The van der Waals surface area contributed by atoms with Gasteiger partial charge in [-0.15, -0.1) is 0 Å². The SMILES string of the molecule is C1=CC2c3ccccc3OC2C(c2nc(-c3ccccc3)nc(-c3ccc(-c4cccc(-c5ccc6c(c5)-c5ccccc5C65CCCCC5)c4)cc3)n2)=C1. The molecule has 1 spiro atoms. The molecule has 3 aliphatic carbocycles. The molecule has 1 aliphatic heterocycles. The molecule has 1 saturated carbocycles. The van der Waals surface area contributed by atoms with Crippen LogP contribution in [-0.2, 0) is 5.41 Å². The van der Waals surface area contributed by atoms with Gasteiger partial charge in [0.2, 0.25) is 0 Å². The summed E-state index contributed by atoms with van der Waals surface area (Å²) >= 11 is 0. The third-order valence-electron chi connectivity index (χ3n) is 12.3. The monoisotopic (exact) mass is 709 g/mol. The van der Waals surface area contributed by atoms with Crippen LogP contribution >= 0.6 is 0 Å². The molecule has 0 radical (unpaired) electrons. The van der Waals surface area contributed by atoms with Gasteiger partial charge < -0.3 is 4.74 Å². The van der Waals surface area contributed by atoms with Gasteiger partial charge in [-0.3, -0.25) is 0 Å². The van der Waals surface area contributed by atoms with Crippen molar-refractivity contribution in [2.24, 2.45) is 0 Å². The molecule has 55 heavy (non-hydrogen) atoms. The fourth-order valence-electron chi connectivity index (χ4n) is 9.65. The fraction of sp³-hybridized carbons (Fsp3) is 0.157. The van der Waals surface area contributed by atoms with E-state index in [-0.39, 0.29) is 17.4 Å². The van der Waals surface area contributed by atoms with Gasteiger partial charge in [0.25, 0.3) is 0 Å². The molecular formula is C51H39N3O. The summed E-state index contributed by atoms with van der Waals surface area (Å²) in [5.41, 5.74) is 14.9. The summed E-state index contributed by atoms with van der Waals surface area (Å²) < 4.78 is 6.52. The normalized spacial score (nSPS) is 18.5. The van der Waals surface area contributed by atoms with E-state index in [2.05, 4.69) is 121 Å². The van der Waals surface area contributed by atoms with Gasteiger partial charge >= 0.3 is 0 Å². The van der Waals surface area contributed by atoms with Crippen LogP contribution in [-0.4, -0.2) is 21.1 Å². The molecule has 4 nitrogen and oxygen atoms in total. The highest BCUT2D eigenvalue weighted by atomic mass is 16.5. The predicted molar refractivity (Wildman–Crippen MR) is 222 cm³/mol. The molecule has 264 valence electrons. The summed E-state index contributed by atoms with van der Waals surface area (Å²) in [6, 6.07) is 52.4. The topological polar surface area (TPSA) is 47.9 Å². The highest BCUT2D eigenvalue weighted by molar-refractivity contribution is 5.86. The van der Waals surface area contributed by atoms with E-state index in [1.807, 2.05) is 42.5 Å². The molecule has 0 amide bonds. The Bertz CT molecular complexity index is 2670. The number of hydrogen-bond donors (Lipinski definition) is 0. The van der Waals surface area contributed by atoms with E-state index in [4.69, 9.17) is 19.7 Å². The molecule has 0 saturated heterocycles. The van der Waals surface area contributed by atoms with Gasteiger partial charge in [-0.2, -0.15) is 0 Å². The molecule has 2 unspecified atom stereocenters. The largest absolute Gasteiger partial charge is 0.484 e. The van der Waals surface area contributed by atoms with Crippen LogP contribution in [0.3, 0.4) is 0 Å². The van der Waals surface area contributed by atoms with E-state index in [1.165, 1.54) is 76.6 Å². The summed E-state index contributed by atoms with van der Waals surface area (Å²) in [7, 11) is 0. The first-order valence-corrected chi connectivity index (χ1v) is 19.6. The fourth-order valence-corrected chi connectivity index (χ4v) is 9.65. The van der Waals surface area contributed by atoms with Crippen LogP contribution in [0.2, 0.25) is 0 Å². The van der Waals surface area contributed by atoms with Crippen molar-refractivity contribution in [2.45, 2.75) is 49.5 Å². The highest BCUT2D eigenvalue weighted by Crippen LogP contribution is 2.56. The minimum Gasteiger partial charge on any atom is -0.484 e. The lowest BCUT2D eigenvalue weighted by Crippen LogP contribution is -2.27. The Balaban J connectivity index is 0.928. The minimum absolute atomic E-state index is 0.118. The van der Waals surface area contributed by atoms with Crippen molar-refractivity contribution in [3.8, 4) is 61.9 Å². The van der Waals surface area contributed by atoms with Crippen molar-refractivity contribution in [1.29, 1.82) is 0 Å². The maximum Gasteiger partial charge on any atom is 0.164 e. The van der Waals surface area contributed by atoms with Crippen LogP contribution in [0.1, 0.15) is 60.5 Å². The predicted octanol–water partition coefficient (Wildman–Crippen LogP) is 12.3. The molecule has 0 bridgehead atoms. The summed E-state index contributed by atoms with van der Waals surface area (Å²) in [6.07, 6.45) is 12.7. The Labute approximate surface area is 322 Å². The Hall–Kier alpha value is -6.39. The second-order valence-corrected chi connectivity index (χ2v) is 15.4. The first-order valence-electron chi connectivity index (χ1n) is 19.6. The van der Waals surface area contributed by atoms with Crippen molar-refractivity contribution in [2.75, 3.05) is 0 Å². The highest BCUT2D eigenvalue weighted by Gasteiger charge is 2.43. The summed E-state index contributed by atoms with van der Waals surface area (Å²) in [5, 5.41) is 0. The van der Waals surface area contributed by atoms with Crippen LogP contribution < -0.4 is 4.74 Å². The molecule has 4 aliphatic rings. The lowest BCUT2D eigenvalue weighted by molar-refractivity contribution is 0.277. The van der Waals surface area contributed by atoms with Crippen molar-refractivity contribution in [1.82, 2.24) is 15.0 Å². The molecular weight excluding hydrogens is 671 g/mol. The Kier molecular flexibility index (Phi) is 7.51. The second kappa shape index (κ2) is 12.9. The van der Waals surface area contributed by atoms with E-state index in [0.29, 0.717) is 17.5 Å². The number of para-hydroxylation sites is 1. The molecule has 6 aromatic carbocycles. The van der Waals surface area contributed by atoms with E-state index < -0.39 is 0 Å². The molecule has 4 heteroatoms. The second-order valence-electron chi connectivity index (χ2n) is 15.4. The molecule has 1 aromatic heterocycles. The van der Waals surface area contributed by atoms with Crippen molar-refractivity contribution in [3.63, 3.8) is 0 Å². The maximum absolute atomic E-state index is 6.52. The van der Waals surface area contributed by atoms with Gasteiger partial charge in [-0.25, -0.2) is 15.0 Å². The average Bonchev–Trinajstić information content (AvgIpc) is 3.77. The van der Waals surface area contributed by atoms with Gasteiger partial charge in [-0.05, 0) is 75.5 Å². The first kappa shape index (κ1) is 32.1. The quantitative estimate of drug-likeness (QED) is 0.178. The Morgan fingerprint density at radius 2 is 1.11 bits per heavy atom. The number of hydrogen-bond acceptors (Lipinski definition) is 4. The standard InChI is InChI=1S/C51H39N3O/c1-3-13-34(14-4-1)48-52-49(54-50(53-48)42-20-12-19-41-40-18-6-8-22-46(40)55-47(41)42)35-25-23-33(24-26-35)36-15-11-16-37(31-36)38-27-28-45-43(32-38)39-17-5-7-21-44(39)51(45)29-9-2-10-30-51/h1,3-8,11-28,31-32,41,47H,2,9-10,29-30H2. The number of ether oxygens (including phenoxy) is 1. The van der Waals surface area contributed by atoms with E-state index in [0.717, 1.165) is 28.0 Å². The minimum atomic E-state index is -0.190. The van der Waals surface area contributed by atoms with E-state index in [9.17, 15) is 0 Å². The number of nitrogens with zero attached hydrogens (tertiary/aromatic N) is 3. The Morgan fingerprint density at radius 1 is 0.491 bits per heavy atom. The molecule has 1 fully saturated rings. The molecule has 7 aromatic rings. The van der Waals surface area contributed by atoms with Crippen molar-refractivity contribution in [3.05, 3.63) is 186 Å². The van der Waals surface area contributed by atoms with Gasteiger partial charge in [0, 0.05) is 33.6 Å². The lowest BCUT2D eigenvalue weighted by Gasteiger charge is -2.36. The van der Waals surface area contributed by atoms with Crippen LogP contribution in [0, 0.1) is 0 Å². The third-order valence-corrected chi connectivity index (χ3v) is 12.3. The van der Waals surface area contributed by atoms with E-state index in [1.54, 1.807) is 0 Å². The van der Waals surface area contributed by atoms with Crippen molar-refractivity contribution < 1.29 is 4.74 Å². The number of rotatable bonds is 5. The van der Waals surface area contributed by atoms with Gasteiger partial charge in [0.1, 0.15) is 11.9 Å². The third kappa shape index (κ3) is 5.31.